The van der Waals surface area contributed by atoms with Gasteiger partial charge in [-0.3, -0.25) is 4.98 Å². The Bertz CT molecular complexity index is 430. The zero-order valence-electron chi connectivity index (χ0n) is 7.85. The molecule has 0 bridgehead atoms. The minimum atomic E-state index is 0.459. The second-order valence-corrected chi connectivity index (χ2v) is 3.35. The first-order chi connectivity index (χ1) is 7.27. The van der Waals surface area contributed by atoms with Crippen molar-refractivity contribution in [2.45, 2.75) is 0 Å². The van der Waals surface area contributed by atoms with Gasteiger partial charge >= 0.3 is 0 Å². The summed E-state index contributed by atoms with van der Waals surface area (Å²) in [5, 5.41) is 0.459. The first kappa shape index (κ1) is 9.80. The predicted octanol–water partition coefficient (Wildman–Crippen LogP) is 3.11. The number of nitrogen functional groups attached to an aromatic ring is 1. The topological polar surface area (TPSA) is 48.1 Å². The molecule has 1 aromatic carbocycles. The van der Waals surface area contributed by atoms with Crippen LogP contribution in [0.2, 0.25) is 5.02 Å². The Morgan fingerprint density at radius 2 is 1.93 bits per heavy atom. The van der Waals surface area contributed by atoms with Crippen LogP contribution in [0.3, 0.4) is 0 Å². The van der Waals surface area contributed by atoms with E-state index in [1.54, 1.807) is 24.4 Å². The van der Waals surface area contributed by atoms with Crippen molar-refractivity contribution in [3.05, 3.63) is 47.7 Å². The van der Waals surface area contributed by atoms with E-state index >= 15 is 0 Å². The quantitative estimate of drug-likeness (QED) is 0.792. The van der Waals surface area contributed by atoms with Crippen LogP contribution in [0.4, 0.5) is 5.69 Å². The molecular weight excluding hydrogens is 212 g/mol. The van der Waals surface area contributed by atoms with Gasteiger partial charge in [-0.25, -0.2) is 0 Å². The summed E-state index contributed by atoms with van der Waals surface area (Å²) in [5.74, 6) is 1.13. The minimum Gasteiger partial charge on any atom is -0.454 e. The second-order valence-electron chi connectivity index (χ2n) is 2.95. The number of nitrogens with zero attached hydrogens (tertiary/aromatic N) is 1. The molecule has 0 aliphatic heterocycles. The van der Waals surface area contributed by atoms with Crippen LogP contribution in [-0.4, -0.2) is 4.98 Å². The van der Waals surface area contributed by atoms with E-state index in [-0.39, 0.29) is 0 Å². The van der Waals surface area contributed by atoms with Crippen LogP contribution in [0.1, 0.15) is 0 Å². The van der Waals surface area contributed by atoms with Crippen molar-refractivity contribution < 1.29 is 4.74 Å². The highest BCUT2D eigenvalue weighted by atomic mass is 35.5. The molecule has 0 saturated carbocycles. The van der Waals surface area contributed by atoms with Crippen molar-refractivity contribution in [1.29, 1.82) is 0 Å². The number of benzene rings is 1. The highest BCUT2D eigenvalue weighted by Gasteiger charge is 2.04. The molecule has 2 N–H and O–H groups in total. The first-order valence-electron chi connectivity index (χ1n) is 4.39. The number of hydrogen-bond acceptors (Lipinski definition) is 3. The third kappa shape index (κ3) is 2.19. The number of halogens is 1. The van der Waals surface area contributed by atoms with E-state index in [4.69, 9.17) is 22.1 Å². The monoisotopic (exact) mass is 220 g/mol. The number of aromatic nitrogens is 1. The highest BCUT2D eigenvalue weighted by molar-refractivity contribution is 6.31. The molecule has 0 amide bonds. The van der Waals surface area contributed by atoms with Crippen LogP contribution in [0.5, 0.6) is 11.5 Å². The average molecular weight is 221 g/mol. The van der Waals surface area contributed by atoms with E-state index < -0.39 is 0 Å². The third-order valence-corrected chi connectivity index (χ3v) is 2.16. The Hall–Kier alpha value is -1.74. The molecule has 1 heterocycles. The summed E-state index contributed by atoms with van der Waals surface area (Å²) in [5.41, 5.74) is 6.31. The number of nitrogens with two attached hydrogens (primary N) is 1. The summed E-state index contributed by atoms with van der Waals surface area (Å²) in [6.07, 6.45) is 3.14. The third-order valence-electron chi connectivity index (χ3n) is 1.87. The van der Waals surface area contributed by atoms with Crippen molar-refractivity contribution >= 4 is 17.3 Å². The summed E-state index contributed by atoms with van der Waals surface area (Å²) in [6.45, 7) is 0. The molecule has 0 aliphatic rings. The van der Waals surface area contributed by atoms with Gasteiger partial charge in [-0.15, -0.1) is 0 Å². The van der Waals surface area contributed by atoms with Crippen molar-refractivity contribution in [3.63, 3.8) is 0 Å². The largest absolute Gasteiger partial charge is 0.454 e. The fourth-order valence-electron chi connectivity index (χ4n) is 1.14. The van der Waals surface area contributed by atoms with Crippen LogP contribution in [-0.2, 0) is 0 Å². The van der Waals surface area contributed by atoms with Gasteiger partial charge in [0, 0.05) is 18.5 Å². The number of ether oxygens (including phenoxy) is 1. The molecule has 0 fully saturated rings. The first-order valence-corrected chi connectivity index (χ1v) is 4.77. The maximum atomic E-state index is 5.90. The van der Waals surface area contributed by atoms with Gasteiger partial charge in [0.05, 0.1) is 5.69 Å². The number of pyridine rings is 1. The molecule has 15 heavy (non-hydrogen) atoms. The molecule has 4 heteroatoms. The summed E-state index contributed by atoms with van der Waals surface area (Å²) < 4.78 is 5.54. The van der Waals surface area contributed by atoms with Gasteiger partial charge in [0.2, 0.25) is 0 Å². The lowest BCUT2D eigenvalue weighted by molar-refractivity contribution is 0.484. The van der Waals surface area contributed by atoms with E-state index in [1.165, 1.54) is 6.20 Å². The second kappa shape index (κ2) is 4.19. The smallest absolute Gasteiger partial charge is 0.150 e. The molecule has 76 valence electrons. The Morgan fingerprint density at radius 3 is 2.67 bits per heavy atom. The molecular formula is C11H9ClN2O. The SMILES string of the molecule is Nc1ccccc1Oc1ccncc1Cl. The normalized spacial score (nSPS) is 9.93. The molecule has 0 unspecified atom stereocenters. The predicted molar refractivity (Wildman–Crippen MR) is 60.2 cm³/mol. The maximum Gasteiger partial charge on any atom is 0.150 e. The zero-order chi connectivity index (χ0) is 10.7. The molecule has 0 aliphatic carbocycles. The van der Waals surface area contributed by atoms with Gasteiger partial charge in [-0.1, -0.05) is 23.7 Å². The standard InChI is InChI=1S/C11H9ClN2O/c12-8-7-14-6-5-10(8)15-11-4-2-1-3-9(11)13/h1-7H,13H2. The lowest BCUT2D eigenvalue weighted by Gasteiger charge is -2.08. The van der Waals surface area contributed by atoms with Crippen LogP contribution >= 0.6 is 11.6 Å². The molecule has 2 aromatic rings. The molecule has 1 aromatic heterocycles. The van der Waals surface area contributed by atoms with E-state index in [0.717, 1.165) is 0 Å². The number of para-hydroxylation sites is 2. The van der Waals surface area contributed by atoms with E-state index in [9.17, 15) is 0 Å². The van der Waals surface area contributed by atoms with E-state index in [2.05, 4.69) is 4.98 Å². The van der Waals surface area contributed by atoms with Gasteiger partial charge in [0.25, 0.3) is 0 Å². The lowest BCUT2D eigenvalue weighted by Crippen LogP contribution is -1.91. The Morgan fingerprint density at radius 1 is 1.13 bits per heavy atom. The lowest BCUT2D eigenvalue weighted by atomic mass is 10.3. The van der Waals surface area contributed by atoms with Gasteiger partial charge in [0.15, 0.2) is 0 Å². The summed E-state index contributed by atoms with van der Waals surface area (Å²) in [4.78, 5) is 3.87. The molecule has 2 rings (SSSR count). The van der Waals surface area contributed by atoms with Gasteiger partial charge in [-0.2, -0.15) is 0 Å². The fourth-order valence-corrected chi connectivity index (χ4v) is 1.30. The van der Waals surface area contributed by atoms with Gasteiger partial charge in [-0.05, 0) is 12.1 Å². The van der Waals surface area contributed by atoms with Crippen molar-refractivity contribution in [2.24, 2.45) is 0 Å². The molecule has 0 atom stereocenters. The Kier molecular flexibility index (Phi) is 2.74. The number of hydrogen-bond donors (Lipinski definition) is 1. The van der Waals surface area contributed by atoms with Crippen LogP contribution in [0.25, 0.3) is 0 Å². The average Bonchev–Trinajstić information content (AvgIpc) is 2.24. The Labute approximate surface area is 92.5 Å². The van der Waals surface area contributed by atoms with Crippen LogP contribution in [0, 0.1) is 0 Å². The van der Waals surface area contributed by atoms with Gasteiger partial charge < -0.3 is 10.5 Å². The fraction of sp³-hybridized carbons (Fsp3) is 0. The van der Waals surface area contributed by atoms with Crippen molar-refractivity contribution in [1.82, 2.24) is 4.98 Å². The van der Waals surface area contributed by atoms with Gasteiger partial charge in [0.1, 0.15) is 16.5 Å². The maximum absolute atomic E-state index is 5.90. The summed E-state index contributed by atoms with van der Waals surface area (Å²) in [6, 6.07) is 8.93. The summed E-state index contributed by atoms with van der Waals surface area (Å²) >= 11 is 5.90. The molecule has 3 nitrogen and oxygen atoms in total. The zero-order valence-corrected chi connectivity index (χ0v) is 8.61. The van der Waals surface area contributed by atoms with E-state index in [0.29, 0.717) is 22.2 Å². The van der Waals surface area contributed by atoms with E-state index in [1.807, 2.05) is 12.1 Å². The van der Waals surface area contributed by atoms with Crippen molar-refractivity contribution in [3.8, 4) is 11.5 Å². The minimum absolute atomic E-state index is 0.459. The highest BCUT2D eigenvalue weighted by Crippen LogP contribution is 2.31. The molecule has 0 spiro atoms. The molecule has 0 radical (unpaired) electrons. The number of rotatable bonds is 2. The number of anilines is 1. The van der Waals surface area contributed by atoms with Crippen LogP contribution in [0.15, 0.2) is 42.7 Å². The van der Waals surface area contributed by atoms with Crippen LogP contribution < -0.4 is 10.5 Å². The molecule has 0 saturated heterocycles. The summed E-state index contributed by atoms with van der Waals surface area (Å²) in [7, 11) is 0. The van der Waals surface area contributed by atoms with Crippen molar-refractivity contribution in [2.75, 3.05) is 5.73 Å². The Balaban J connectivity index is 2.30.